The first kappa shape index (κ1) is 27.2. The van der Waals surface area contributed by atoms with E-state index in [-0.39, 0.29) is 12.2 Å². The largest absolute Gasteiger partial charge is 0.497 e. The number of carbonyl (C=O) groups is 1. The summed E-state index contributed by atoms with van der Waals surface area (Å²) in [6.45, 7) is 3.99. The molecular formula is C29H33N3O5S. The molecule has 0 spiro atoms. The Hall–Kier alpha value is -3.85. The van der Waals surface area contributed by atoms with E-state index in [4.69, 9.17) is 19.2 Å². The lowest BCUT2D eigenvalue weighted by atomic mass is 9.93. The van der Waals surface area contributed by atoms with Gasteiger partial charge in [-0.1, -0.05) is 36.8 Å². The minimum atomic E-state index is -0.782. The van der Waals surface area contributed by atoms with Crippen molar-refractivity contribution in [1.82, 2.24) is 4.57 Å². The maximum absolute atomic E-state index is 13.9. The van der Waals surface area contributed by atoms with Gasteiger partial charge in [-0.25, -0.2) is 9.79 Å². The molecule has 3 aromatic rings. The zero-order chi connectivity index (χ0) is 27.4. The normalized spacial score (nSPS) is 15.1. The van der Waals surface area contributed by atoms with Gasteiger partial charge in [0.2, 0.25) is 0 Å². The number of carbonyl (C=O) groups excluding carboxylic acids is 1. The number of hydrogen-bond donors (Lipinski definition) is 0. The molecule has 1 atom stereocenters. The fourth-order valence-electron chi connectivity index (χ4n) is 4.49. The van der Waals surface area contributed by atoms with Crippen molar-refractivity contribution in [3.63, 3.8) is 0 Å². The van der Waals surface area contributed by atoms with Gasteiger partial charge in [-0.3, -0.25) is 9.36 Å². The van der Waals surface area contributed by atoms with Gasteiger partial charge in [-0.15, -0.1) is 0 Å². The molecule has 0 aliphatic carbocycles. The van der Waals surface area contributed by atoms with E-state index in [1.165, 1.54) is 11.3 Å². The number of rotatable bonds is 9. The number of benzene rings is 2. The summed E-state index contributed by atoms with van der Waals surface area (Å²) in [6, 6.07) is 12.5. The Balaban J connectivity index is 2.01. The highest BCUT2D eigenvalue weighted by atomic mass is 32.1. The van der Waals surface area contributed by atoms with Crippen molar-refractivity contribution in [2.24, 2.45) is 4.99 Å². The number of allylic oxidation sites excluding steroid dienone is 1. The number of esters is 1. The van der Waals surface area contributed by atoms with E-state index in [0.717, 1.165) is 17.7 Å². The van der Waals surface area contributed by atoms with Crippen LogP contribution in [0.1, 0.15) is 43.9 Å². The van der Waals surface area contributed by atoms with Crippen molar-refractivity contribution in [3.8, 4) is 11.5 Å². The first-order valence-corrected chi connectivity index (χ1v) is 13.4. The Labute approximate surface area is 226 Å². The van der Waals surface area contributed by atoms with Gasteiger partial charge >= 0.3 is 5.97 Å². The lowest BCUT2D eigenvalue weighted by Gasteiger charge is -2.27. The fraction of sp³-hybridized carbons (Fsp3) is 0.345. The Morgan fingerprint density at radius 1 is 1.11 bits per heavy atom. The van der Waals surface area contributed by atoms with Gasteiger partial charge in [0.05, 0.1) is 36.6 Å². The van der Waals surface area contributed by atoms with Crippen molar-refractivity contribution in [1.29, 1.82) is 0 Å². The highest BCUT2D eigenvalue weighted by Gasteiger charge is 2.36. The van der Waals surface area contributed by atoms with Gasteiger partial charge in [0.25, 0.3) is 5.56 Å². The number of fused-ring (bicyclic) bond motifs is 1. The minimum absolute atomic E-state index is 0.205. The number of ether oxygens (including phenoxy) is 3. The van der Waals surface area contributed by atoms with Crippen LogP contribution in [0.25, 0.3) is 6.08 Å². The van der Waals surface area contributed by atoms with Crippen LogP contribution in [-0.4, -0.2) is 45.5 Å². The zero-order valence-electron chi connectivity index (χ0n) is 22.6. The summed E-state index contributed by atoms with van der Waals surface area (Å²) >= 11 is 1.31. The molecule has 0 saturated carbocycles. The van der Waals surface area contributed by atoms with Gasteiger partial charge in [0.15, 0.2) is 4.80 Å². The summed E-state index contributed by atoms with van der Waals surface area (Å²) in [4.78, 5) is 34.7. The second-order valence-electron chi connectivity index (χ2n) is 9.01. The molecule has 1 aliphatic rings. The molecule has 0 N–H and O–H groups in total. The van der Waals surface area contributed by atoms with Crippen molar-refractivity contribution in [3.05, 3.63) is 84.5 Å². The number of methoxy groups -OCH3 is 2. The van der Waals surface area contributed by atoms with Crippen LogP contribution in [0.5, 0.6) is 11.5 Å². The van der Waals surface area contributed by atoms with Gasteiger partial charge in [-0.05, 0) is 55.3 Å². The summed E-state index contributed by atoms with van der Waals surface area (Å²) in [5.74, 6) is 0.619. The smallest absolute Gasteiger partial charge is 0.338 e. The third-order valence-electron chi connectivity index (χ3n) is 6.33. The van der Waals surface area contributed by atoms with Crippen LogP contribution in [0, 0.1) is 0 Å². The lowest BCUT2D eigenvalue weighted by molar-refractivity contribution is -0.139. The maximum Gasteiger partial charge on any atom is 0.338 e. The van der Waals surface area contributed by atoms with E-state index in [1.807, 2.05) is 56.3 Å². The van der Waals surface area contributed by atoms with E-state index in [0.29, 0.717) is 44.1 Å². The molecule has 0 bridgehead atoms. The molecule has 0 saturated heterocycles. The fourth-order valence-corrected chi connectivity index (χ4v) is 5.51. The van der Waals surface area contributed by atoms with E-state index in [9.17, 15) is 9.59 Å². The second kappa shape index (κ2) is 11.7. The Bertz CT molecular complexity index is 1530. The topological polar surface area (TPSA) is 82.4 Å². The van der Waals surface area contributed by atoms with Crippen LogP contribution in [0.2, 0.25) is 0 Å². The van der Waals surface area contributed by atoms with Crippen LogP contribution in [-0.2, 0) is 9.53 Å². The van der Waals surface area contributed by atoms with Crippen LogP contribution in [0.4, 0.5) is 5.69 Å². The predicted octanol–water partition coefficient (Wildman–Crippen LogP) is 3.66. The molecule has 0 amide bonds. The van der Waals surface area contributed by atoms with E-state index in [1.54, 1.807) is 43.9 Å². The molecule has 0 radical (unpaired) electrons. The molecule has 2 aromatic carbocycles. The zero-order valence-corrected chi connectivity index (χ0v) is 23.4. The summed E-state index contributed by atoms with van der Waals surface area (Å²) in [6.07, 6.45) is 3.20. The SMILES string of the molecule is CCCC1=C(C(=O)OCC)[C@H](c2cc(OC)ccc2OC)n2c(s/c(=C\c3ccc(N(C)C)cc3)c2=O)=N1. The summed E-state index contributed by atoms with van der Waals surface area (Å²) in [7, 11) is 7.10. The van der Waals surface area contributed by atoms with Gasteiger partial charge in [0.1, 0.15) is 17.5 Å². The number of thiazole rings is 1. The summed E-state index contributed by atoms with van der Waals surface area (Å²) < 4.78 is 18.7. The first-order valence-electron chi connectivity index (χ1n) is 12.5. The van der Waals surface area contributed by atoms with Crippen LogP contribution in [0.15, 0.2) is 63.5 Å². The average molecular weight is 536 g/mol. The van der Waals surface area contributed by atoms with Crippen LogP contribution < -0.4 is 29.3 Å². The van der Waals surface area contributed by atoms with Crippen molar-refractivity contribution in [2.45, 2.75) is 32.7 Å². The summed E-state index contributed by atoms with van der Waals surface area (Å²) in [5.41, 5.74) is 3.31. The third kappa shape index (κ3) is 5.24. The van der Waals surface area contributed by atoms with Crippen molar-refractivity contribution >= 4 is 29.1 Å². The molecule has 4 rings (SSSR count). The van der Waals surface area contributed by atoms with Gasteiger partial charge in [-0.2, -0.15) is 0 Å². The second-order valence-corrected chi connectivity index (χ2v) is 10.0. The number of hydrogen-bond acceptors (Lipinski definition) is 8. The molecule has 200 valence electrons. The Kier molecular flexibility index (Phi) is 8.36. The molecule has 38 heavy (non-hydrogen) atoms. The molecule has 0 fully saturated rings. The molecule has 0 unspecified atom stereocenters. The van der Waals surface area contributed by atoms with E-state index < -0.39 is 12.0 Å². The van der Waals surface area contributed by atoms with E-state index in [2.05, 4.69) is 0 Å². The Morgan fingerprint density at radius 3 is 2.45 bits per heavy atom. The predicted molar refractivity (Wildman–Crippen MR) is 150 cm³/mol. The lowest BCUT2D eigenvalue weighted by Crippen LogP contribution is -2.40. The van der Waals surface area contributed by atoms with Crippen molar-refractivity contribution < 1.29 is 19.0 Å². The monoisotopic (exact) mass is 535 g/mol. The van der Waals surface area contributed by atoms with Crippen LogP contribution >= 0.6 is 11.3 Å². The highest BCUT2D eigenvalue weighted by molar-refractivity contribution is 7.07. The molecule has 1 aliphatic heterocycles. The summed E-state index contributed by atoms with van der Waals surface area (Å²) in [5, 5.41) is 0. The third-order valence-corrected chi connectivity index (χ3v) is 7.31. The highest BCUT2D eigenvalue weighted by Crippen LogP contribution is 2.38. The van der Waals surface area contributed by atoms with Gasteiger partial charge in [0, 0.05) is 25.3 Å². The minimum Gasteiger partial charge on any atom is -0.497 e. The molecule has 8 nitrogen and oxygen atoms in total. The first-order chi connectivity index (χ1) is 18.3. The average Bonchev–Trinajstić information content (AvgIpc) is 3.22. The quantitative estimate of drug-likeness (QED) is 0.389. The molecule has 2 heterocycles. The number of anilines is 1. The standard InChI is InChI=1S/C29H33N3O5S/c1-7-9-22-25(28(34)37-8-2)26(21-17-20(35-5)14-15-23(21)36-6)32-27(33)24(38-29(32)30-22)16-18-10-12-19(13-11-18)31(3)4/h10-17,26H,7-9H2,1-6H3/b24-16-/t26-/m0/s1. The number of aromatic nitrogens is 1. The van der Waals surface area contributed by atoms with Crippen molar-refractivity contribution in [2.75, 3.05) is 39.8 Å². The van der Waals surface area contributed by atoms with Gasteiger partial charge < -0.3 is 19.1 Å². The number of nitrogens with zero attached hydrogens (tertiary/aromatic N) is 3. The Morgan fingerprint density at radius 2 is 1.84 bits per heavy atom. The molecule has 9 heteroatoms. The van der Waals surface area contributed by atoms with Crippen LogP contribution in [0.3, 0.4) is 0 Å². The van der Waals surface area contributed by atoms with E-state index >= 15 is 0 Å². The molecular weight excluding hydrogens is 502 g/mol. The molecule has 1 aromatic heterocycles. The maximum atomic E-state index is 13.9.